The number of carbonyl (C=O) groups is 12. The second-order valence-electron chi connectivity index (χ2n) is 33.3. The van der Waals surface area contributed by atoms with E-state index in [9.17, 15) is 35.9 Å². The molecule has 3 N–H and O–H groups in total. The summed E-state index contributed by atoms with van der Waals surface area (Å²) in [5.41, 5.74) is -1.12. The molecule has 2 bridgehead atoms. The molecule has 620 valence electrons. The lowest BCUT2D eigenvalue weighted by Crippen LogP contribution is -2.66. The standard InChI is InChI=1S/C77H118F8N12O13/c1-14-45(6)63-72(107)95-33-29-54(95)70(105)92(11)57-35-44(5)28-32-96(71(57)106)59(38-46-22-25-49(26-23-46)76(80,81)82)69(104)90(9)42-60(98)86-53(27-24-47-36-51(78)62(52(79)37-47)77(83,84)85)67(102)97-41-50(110-15-2)39-56(97)66(101)88-75(30-18-19-31-75)74(109)94(13)64(48-20-16-17-21-48)73(108)93(12)58(68(103)89(7)8)40-61(99)91(10)55(34-43(3)4)65(100)87-63/h28,43,45-59,62-64H,14-27,29-42H2,1-13H3,(H,86,98)(H,87,100)(H,88,101)/t45-,46?,47?,49?,50+,51?,52?,53-,54-,55-,56-,57-,58-,59-,62?,63-,64-/m0/s1. The average Bonchev–Trinajstić information content (AvgIpc) is 1.48. The molecule has 4 saturated carbocycles. The third-order valence-electron chi connectivity index (χ3n) is 25.0. The number of amides is 12. The van der Waals surface area contributed by atoms with E-state index in [2.05, 4.69) is 16.0 Å². The molecule has 2 unspecified atom stereocenters. The van der Waals surface area contributed by atoms with Gasteiger partial charge in [-0.15, -0.1) is 0 Å². The monoisotopic (exact) mass is 1570 g/mol. The highest BCUT2D eigenvalue weighted by molar-refractivity contribution is 6.01. The van der Waals surface area contributed by atoms with Gasteiger partial charge in [0.1, 0.15) is 78.2 Å². The minimum absolute atomic E-state index is 0.00493. The minimum Gasteiger partial charge on any atom is -0.377 e. The maximum absolute atomic E-state index is 15.7. The molecule has 110 heavy (non-hydrogen) atoms. The smallest absolute Gasteiger partial charge is 0.377 e. The van der Waals surface area contributed by atoms with E-state index in [0.29, 0.717) is 50.5 Å². The zero-order valence-electron chi connectivity index (χ0n) is 66.2. The Hall–Kier alpha value is -7.22. The van der Waals surface area contributed by atoms with E-state index >= 15 is 56.7 Å². The van der Waals surface area contributed by atoms with Crippen LogP contribution in [-0.2, 0) is 62.3 Å². The first-order valence-corrected chi connectivity index (χ1v) is 39.6. The van der Waals surface area contributed by atoms with Crippen LogP contribution in [0.1, 0.15) is 189 Å². The fourth-order valence-corrected chi connectivity index (χ4v) is 18.1. The fraction of sp³-hybridized carbons (Fsp3) is 0.818. The van der Waals surface area contributed by atoms with Gasteiger partial charge in [0.15, 0.2) is 0 Å². The number of ether oxygens (including phenoxy) is 1. The second-order valence-corrected chi connectivity index (χ2v) is 33.3. The Kier molecular flexibility index (Phi) is 29.8. The second kappa shape index (κ2) is 37.2. The van der Waals surface area contributed by atoms with Crippen molar-refractivity contribution in [2.75, 3.05) is 82.1 Å². The van der Waals surface area contributed by atoms with Crippen LogP contribution in [0.15, 0.2) is 11.6 Å². The van der Waals surface area contributed by atoms with E-state index in [1.807, 2.05) is 13.8 Å². The molecular weight excluding hydrogens is 1450 g/mol. The maximum atomic E-state index is 15.7. The third kappa shape index (κ3) is 20.4. The predicted octanol–water partition coefficient (Wildman–Crippen LogP) is 6.88. The van der Waals surface area contributed by atoms with Gasteiger partial charge in [0, 0.05) is 82.0 Å². The number of fused-ring (bicyclic) bond motifs is 4. The lowest BCUT2D eigenvalue weighted by atomic mass is 9.76. The largest absolute Gasteiger partial charge is 0.397 e. The number of nitrogens with one attached hydrogen (secondary N) is 3. The molecule has 3 saturated heterocycles. The topological polar surface area (TPSA) is 279 Å². The fourth-order valence-electron chi connectivity index (χ4n) is 18.1. The molecule has 7 fully saturated rings. The van der Waals surface area contributed by atoms with Crippen molar-refractivity contribution < 1.29 is 97.4 Å². The van der Waals surface area contributed by atoms with Gasteiger partial charge in [0.2, 0.25) is 70.9 Å². The first-order chi connectivity index (χ1) is 51.5. The number of rotatable bonds is 13. The van der Waals surface area contributed by atoms with Crippen LogP contribution in [0.2, 0.25) is 0 Å². The number of hydrogen-bond donors (Lipinski definition) is 3. The van der Waals surface area contributed by atoms with E-state index in [1.54, 1.807) is 33.8 Å². The van der Waals surface area contributed by atoms with E-state index in [0.717, 1.165) is 14.7 Å². The molecule has 13 atom stereocenters. The summed E-state index contributed by atoms with van der Waals surface area (Å²) in [6, 6.07) is -12.5. The SMILES string of the molecule is CCO[C@@H]1C[C@H]2C(=O)NC3(CCCC3)C(=O)N(C)[C@@H](C3CCCC3)C(=O)N(C)[C@H](C(=O)N(C)C)CC(=O)N(C)[C@@H](CC(C)C)C(=O)N[C@@H]([C@@H](C)CC)C(=O)N3CC[C@H]3C(=O)N(C)[C@H]3CC(C)=CCN(C3=O)[C@@H](CC3CCC(C(F)(F)F)CC3)C(=O)N(C)CC(=O)N[C@@H](CCC3CC(F)C(C(F)(F)F)C(F)C3)C(=O)N2C1. The zero-order valence-corrected chi connectivity index (χ0v) is 66.2. The van der Waals surface area contributed by atoms with Gasteiger partial charge in [0.05, 0.1) is 25.0 Å². The Morgan fingerprint density at radius 1 is 0.636 bits per heavy atom. The number of nitrogens with zero attached hydrogens (tertiary/aromatic N) is 9. The molecule has 4 aliphatic heterocycles. The van der Waals surface area contributed by atoms with Crippen molar-refractivity contribution in [3.63, 3.8) is 0 Å². The van der Waals surface area contributed by atoms with Gasteiger partial charge in [0.25, 0.3) is 0 Å². The van der Waals surface area contributed by atoms with E-state index in [1.165, 1.54) is 78.7 Å². The van der Waals surface area contributed by atoms with Crippen molar-refractivity contribution in [1.82, 2.24) is 60.0 Å². The molecule has 1 spiro atoms. The molecule has 0 aromatic carbocycles. The number of halogens is 8. The summed E-state index contributed by atoms with van der Waals surface area (Å²) < 4.78 is 122. The molecule has 4 heterocycles. The van der Waals surface area contributed by atoms with Crippen molar-refractivity contribution >= 4 is 70.9 Å². The van der Waals surface area contributed by atoms with Gasteiger partial charge in [-0.2, -0.15) is 26.3 Å². The lowest BCUT2D eigenvalue weighted by Gasteiger charge is -2.45. The first kappa shape index (κ1) is 88.3. The third-order valence-corrected chi connectivity index (χ3v) is 25.0. The van der Waals surface area contributed by atoms with Crippen LogP contribution in [-0.4, -0.2) is 288 Å². The molecule has 0 radical (unpaired) electrons. The highest BCUT2D eigenvalue weighted by Gasteiger charge is 2.56. The van der Waals surface area contributed by atoms with Crippen molar-refractivity contribution in [2.24, 2.45) is 41.4 Å². The van der Waals surface area contributed by atoms with E-state index in [-0.39, 0.29) is 109 Å². The van der Waals surface area contributed by atoms with Crippen LogP contribution in [0.25, 0.3) is 0 Å². The number of carbonyl (C=O) groups excluding carboxylic acids is 12. The highest BCUT2D eigenvalue weighted by atomic mass is 19.4. The van der Waals surface area contributed by atoms with Crippen molar-refractivity contribution in [2.45, 2.75) is 280 Å². The van der Waals surface area contributed by atoms with E-state index < -0.39 is 229 Å². The minimum atomic E-state index is -5.22. The van der Waals surface area contributed by atoms with Crippen LogP contribution in [0.3, 0.4) is 0 Å². The summed E-state index contributed by atoms with van der Waals surface area (Å²) in [7, 11) is 9.66. The summed E-state index contributed by atoms with van der Waals surface area (Å²) in [6.45, 7) is 9.29. The molecule has 4 aliphatic carbocycles. The predicted molar refractivity (Wildman–Crippen MR) is 388 cm³/mol. The maximum Gasteiger partial charge on any atom is 0.397 e. The number of likely N-dealkylation sites (N-methyl/N-ethyl adjacent to an activating group) is 6. The summed E-state index contributed by atoms with van der Waals surface area (Å²) >= 11 is 0. The zero-order chi connectivity index (χ0) is 81.5. The van der Waals surface area contributed by atoms with Gasteiger partial charge in [-0.05, 0) is 146 Å². The average molecular weight is 1570 g/mol. The molecule has 0 aromatic rings. The molecule has 33 heteroatoms. The van der Waals surface area contributed by atoms with Crippen molar-refractivity contribution in [3.8, 4) is 0 Å². The Morgan fingerprint density at radius 3 is 1.82 bits per heavy atom. The van der Waals surface area contributed by atoms with E-state index in [4.69, 9.17) is 4.74 Å². The molecule has 8 rings (SSSR count). The van der Waals surface area contributed by atoms with Gasteiger partial charge in [-0.1, -0.05) is 71.4 Å². The van der Waals surface area contributed by atoms with Crippen LogP contribution >= 0.6 is 0 Å². The number of alkyl halides is 8. The molecule has 25 nitrogen and oxygen atoms in total. The summed E-state index contributed by atoms with van der Waals surface area (Å²) in [5.74, 6) is -16.8. The lowest BCUT2D eigenvalue weighted by molar-refractivity contribution is -0.219. The highest BCUT2D eigenvalue weighted by Crippen LogP contribution is 2.46. The number of hydrogen-bond acceptors (Lipinski definition) is 13. The molecule has 0 aromatic heterocycles. The normalized spacial score (nSPS) is 32.5. The van der Waals surface area contributed by atoms with Crippen LogP contribution < -0.4 is 16.0 Å². The quantitative estimate of drug-likeness (QED) is 0.125. The van der Waals surface area contributed by atoms with Gasteiger partial charge in [-0.3, -0.25) is 57.5 Å². The van der Waals surface area contributed by atoms with Gasteiger partial charge in [-0.25, -0.2) is 8.78 Å². The van der Waals surface area contributed by atoms with Gasteiger partial charge >= 0.3 is 12.4 Å². The molecule has 12 amide bonds. The Labute approximate surface area is 641 Å². The summed E-state index contributed by atoms with van der Waals surface area (Å²) in [5, 5.41) is 8.55. The molecule has 8 aliphatic rings. The Bertz CT molecular complexity index is 3350. The van der Waals surface area contributed by atoms with Crippen LogP contribution in [0.5, 0.6) is 0 Å². The van der Waals surface area contributed by atoms with Crippen molar-refractivity contribution in [3.05, 3.63) is 11.6 Å². The summed E-state index contributed by atoms with van der Waals surface area (Å²) in [4.78, 5) is 194. The van der Waals surface area contributed by atoms with Gasteiger partial charge < -0.3 is 64.8 Å². The summed E-state index contributed by atoms with van der Waals surface area (Å²) in [6.07, 6.45) is -14.5. The van der Waals surface area contributed by atoms with Crippen LogP contribution in [0, 0.1) is 41.4 Å². The molecular formula is C77H118F8N12O13. The van der Waals surface area contributed by atoms with Crippen LogP contribution in [0.4, 0.5) is 35.1 Å². The first-order valence-electron chi connectivity index (χ1n) is 39.6. The Morgan fingerprint density at radius 2 is 1.26 bits per heavy atom. The Balaban J connectivity index is 1.22. The van der Waals surface area contributed by atoms with Crippen molar-refractivity contribution in [1.29, 1.82) is 0 Å².